The van der Waals surface area contributed by atoms with Gasteiger partial charge in [-0.15, -0.1) is 0 Å². The molecule has 0 fully saturated rings. The minimum Gasteiger partial charge on any atom is -0.310 e. The van der Waals surface area contributed by atoms with Crippen molar-refractivity contribution in [1.82, 2.24) is 0 Å². The molecule has 508 valence electrons. The molecule has 0 saturated heterocycles. The summed E-state index contributed by atoms with van der Waals surface area (Å²) in [5, 5.41) is 0. The van der Waals surface area contributed by atoms with Gasteiger partial charge in [-0.2, -0.15) is 0 Å². The van der Waals surface area contributed by atoms with Crippen LogP contribution in [-0.2, 0) is 23.7 Å². The van der Waals surface area contributed by atoms with Gasteiger partial charge in [0.2, 0.25) is 0 Å². The van der Waals surface area contributed by atoms with Gasteiger partial charge in [0.25, 0.3) is 0 Å². The fraction of sp³-hybridized carbons (Fsp3) is 0.157. The fourth-order valence-corrected chi connectivity index (χ4v) is 17.6. The second-order valence-electron chi connectivity index (χ2n) is 28.8. The largest absolute Gasteiger partial charge is 0.310 e. The van der Waals surface area contributed by atoms with Crippen LogP contribution >= 0.6 is 0 Å². The number of hydrogen-bond donors (Lipinski definition) is 0. The third kappa shape index (κ3) is 13.4. The Bertz CT molecular complexity index is 5130. The Morgan fingerprint density at radius 2 is 0.683 bits per heavy atom. The van der Waals surface area contributed by atoms with Gasteiger partial charge in [-0.3, -0.25) is 0 Å². The highest BCUT2D eigenvalue weighted by molar-refractivity contribution is 5.89. The molecule has 16 rings (SSSR count). The summed E-state index contributed by atoms with van der Waals surface area (Å²) < 4.78 is 0. The van der Waals surface area contributed by atoms with Gasteiger partial charge >= 0.3 is 0 Å². The quantitative estimate of drug-likeness (QED) is 0.0474. The summed E-state index contributed by atoms with van der Waals surface area (Å²) in [6.07, 6.45) is 27.1. The number of benzene rings is 13. The van der Waals surface area contributed by atoms with Crippen LogP contribution in [-0.4, -0.2) is 0 Å². The van der Waals surface area contributed by atoms with E-state index in [4.69, 9.17) is 0 Å². The van der Waals surface area contributed by atoms with Crippen LogP contribution in [0.25, 0.3) is 56.7 Å². The highest BCUT2D eigenvalue weighted by Crippen LogP contribution is 2.61. The molecule has 0 bridgehead atoms. The van der Waals surface area contributed by atoms with Crippen molar-refractivity contribution in [2.24, 2.45) is 5.92 Å². The zero-order valence-electron chi connectivity index (χ0n) is 59.6. The Morgan fingerprint density at radius 1 is 0.298 bits per heavy atom. The second-order valence-corrected chi connectivity index (χ2v) is 28.8. The van der Waals surface area contributed by atoms with Crippen molar-refractivity contribution < 1.29 is 0 Å². The van der Waals surface area contributed by atoms with Crippen molar-refractivity contribution in [1.29, 1.82) is 0 Å². The topological polar surface area (TPSA) is 6.48 Å². The predicted octanol–water partition coefficient (Wildman–Crippen LogP) is 27.7. The lowest BCUT2D eigenvalue weighted by Gasteiger charge is -2.39. The van der Waals surface area contributed by atoms with Crippen LogP contribution in [0.1, 0.15) is 126 Å². The van der Waals surface area contributed by atoms with Crippen LogP contribution in [0, 0.1) is 5.92 Å². The van der Waals surface area contributed by atoms with Crippen molar-refractivity contribution >= 4 is 46.3 Å². The van der Waals surface area contributed by atoms with Gasteiger partial charge in [0.15, 0.2) is 0 Å². The first kappa shape index (κ1) is 66.9. The van der Waals surface area contributed by atoms with E-state index in [1.54, 1.807) is 0 Å². The van der Waals surface area contributed by atoms with Gasteiger partial charge < -0.3 is 9.80 Å². The molecule has 0 N–H and O–H groups in total. The highest BCUT2D eigenvalue weighted by Gasteiger charge is 2.52. The predicted molar refractivity (Wildman–Crippen MR) is 442 cm³/mol. The monoisotopic (exact) mass is 1340 g/mol. The van der Waals surface area contributed by atoms with Crippen LogP contribution in [0.4, 0.5) is 34.1 Å². The van der Waals surface area contributed by atoms with Crippen LogP contribution < -0.4 is 9.80 Å². The summed E-state index contributed by atoms with van der Waals surface area (Å²) in [7, 11) is 0. The van der Waals surface area contributed by atoms with Crippen molar-refractivity contribution in [2.75, 3.05) is 9.80 Å². The van der Waals surface area contributed by atoms with E-state index in [1.165, 1.54) is 128 Å². The van der Waals surface area contributed by atoms with E-state index < -0.39 is 0 Å². The molecule has 0 aromatic heterocycles. The molecule has 0 amide bonds. The Balaban J connectivity index is 0.732. The molecule has 0 spiro atoms. The van der Waals surface area contributed by atoms with Crippen LogP contribution in [0.15, 0.2) is 365 Å². The Kier molecular flexibility index (Phi) is 19.7. The minimum atomic E-state index is -0.328. The van der Waals surface area contributed by atoms with Gasteiger partial charge in [0.1, 0.15) is 0 Å². The Labute approximate surface area is 617 Å². The van der Waals surface area contributed by atoms with Crippen molar-refractivity contribution in [3.05, 3.63) is 421 Å². The van der Waals surface area contributed by atoms with Gasteiger partial charge in [-0.1, -0.05) is 343 Å². The summed E-state index contributed by atoms with van der Waals surface area (Å²) in [5.74, 6) is 0.595. The minimum absolute atomic E-state index is 0.210. The number of unbranched alkanes of at least 4 members (excludes halogenated alkanes) is 6. The Morgan fingerprint density at radius 3 is 1.17 bits per heavy atom. The molecule has 3 aliphatic rings. The molecule has 0 radical (unpaired) electrons. The summed E-state index contributed by atoms with van der Waals surface area (Å²) in [4.78, 5) is 4.96. The fourth-order valence-electron chi connectivity index (χ4n) is 17.6. The molecule has 13 aromatic rings. The summed E-state index contributed by atoms with van der Waals surface area (Å²) >= 11 is 0. The van der Waals surface area contributed by atoms with E-state index in [2.05, 4.69) is 375 Å². The number of fused-ring (bicyclic) bond motifs is 6. The molecule has 3 aliphatic carbocycles. The van der Waals surface area contributed by atoms with E-state index in [0.717, 1.165) is 83.8 Å². The summed E-state index contributed by atoms with van der Waals surface area (Å²) in [6.45, 7) is 7.93. The normalized spacial score (nSPS) is 16.6. The molecular weight excluding hydrogens is 1250 g/mol. The van der Waals surface area contributed by atoms with E-state index in [0.29, 0.717) is 11.8 Å². The van der Waals surface area contributed by atoms with Crippen molar-refractivity contribution in [3.8, 4) is 44.5 Å². The number of hydrogen-bond acceptors (Lipinski definition) is 2. The maximum absolute atomic E-state index is 3.96. The van der Waals surface area contributed by atoms with Gasteiger partial charge in [0, 0.05) is 56.8 Å². The molecule has 2 nitrogen and oxygen atoms in total. The van der Waals surface area contributed by atoms with Crippen LogP contribution in [0.3, 0.4) is 0 Å². The Hall–Kier alpha value is -11.6. The molecule has 13 aromatic carbocycles. The zero-order chi connectivity index (χ0) is 70.1. The lowest BCUT2D eigenvalue weighted by atomic mass is 9.64. The molecule has 0 aliphatic heterocycles. The number of rotatable bonds is 27. The zero-order valence-corrected chi connectivity index (χ0v) is 59.6. The van der Waals surface area contributed by atoms with E-state index >= 15 is 0 Å². The third-order valence-electron chi connectivity index (χ3n) is 22.8. The standard InChI is InChI=1S/C102H90N2/c1-3-75-43-47-77(48-44-75)29-13-5-7-27-71-101(85-35-19-11-20-36-85)97-41-25-23-39-93(97)95-69-67-91(73-99(95)101)103(87-59-51-81(52-60-87)79-31-15-9-16-32-79)89-63-55-83(56-64-89)84-57-65-90(66-58-84)104(88-61-53-82(54-62-88)80-33-17-10-18-34-80)92-68-70-96-94-40-24-26-42-98(94)102(100(96)74-92,86-37-21-12-22-38-86)72-28-8-6-14-30-78-49-45-76(4-2)46-50-78/h3-4,9-12,15-26,31-70,73-74,93,97H,1-2,5-8,13-14,27-30,71-72H2. The van der Waals surface area contributed by atoms with Crippen molar-refractivity contribution in [3.63, 3.8) is 0 Å². The molecule has 4 unspecified atom stereocenters. The van der Waals surface area contributed by atoms with E-state index in [1.807, 2.05) is 12.2 Å². The van der Waals surface area contributed by atoms with Crippen molar-refractivity contribution in [2.45, 2.75) is 93.8 Å². The SMILES string of the molecule is C=Cc1ccc(CCCCCCC2(c3ccccc3)c3ccccc3-c3ccc(N(c4ccc(-c5ccccc5)cc4)c4ccc(-c5ccc(N(c6ccc(-c7ccccc7)cc6)c6ccc7c(c6)C(CCCCCCc6ccc(C=C)cc6)(c6ccccc6)C6C=CC=CC76)cc5)cc4)cc32)cc1. The van der Waals surface area contributed by atoms with E-state index in [-0.39, 0.29) is 10.8 Å². The first-order valence-corrected chi connectivity index (χ1v) is 37.9. The highest BCUT2D eigenvalue weighted by atomic mass is 15.1. The number of anilines is 6. The lowest BCUT2D eigenvalue weighted by Crippen LogP contribution is -2.34. The smallest absolute Gasteiger partial charge is 0.0465 e. The summed E-state index contributed by atoms with van der Waals surface area (Å²) in [5.41, 5.74) is 29.5. The maximum Gasteiger partial charge on any atom is 0.0465 e. The first-order chi connectivity index (χ1) is 51.4. The molecule has 0 saturated carbocycles. The number of allylic oxidation sites excluding steroid dienone is 4. The lowest BCUT2D eigenvalue weighted by molar-refractivity contribution is 0.350. The average Bonchev–Trinajstić information content (AvgIpc) is 1.53. The van der Waals surface area contributed by atoms with Gasteiger partial charge in [0.05, 0.1) is 0 Å². The molecule has 4 atom stereocenters. The molecule has 2 heteroatoms. The van der Waals surface area contributed by atoms with Gasteiger partial charge in [-0.05, 0) is 211 Å². The maximum atomic E-state index is 3.96. The third-order valence-corrected chi connectivity index (χ3v) is 22.8. The first-order valence-electron chi connectivity index (χ1n) is 37.9. The molecule has 0 heterocycles. The molecule has 104 heavy (non-hydrogen) atoms. The second kappa shape index (κ2) is 30.5. The van der Waals surface area contributed by atoms with Crippen LogP contribution in [0.5, 0.6) is 0 Å². The summed E-state index contributed by atoms with van der Waals surface area (Å²) in [6, 6.07) is 123. The number of nitrogens with zero attached hydrogens (tertiary/aromatic N) is 2. The average molecular weight is 1340 g/mol. The van der Waals surface area contributed by atoms with Gasteiger partial charge in [-0.25, -0.2) is 0 Å². The van der Waals surface area contributed by atoms with Crippen LogP contribution in [0.2, 0.25) is 0 Å². The molecular formula is C102H90N2. The van der Waals surface area contributed by atoms with E-state index in [9.17, 15) is 0 Å². The number of aryl methyl sites for hydroxylation is 2.